The van der Waals surface area contributed by atoms with E-state index >= 15 is 0 Å². The number of aryl methyl sites for hydroxylation is 3. The van der Waals surface area contributed by atoms with Gasteiger partial charge in [0, 0.05) is 31.1 Å². The first kappa shape index (κ1) is 22.0. The molecule has 2 aromatic carbocycles. The van der Waals surface area contributed by atoms with Crippen molar-refractivity contribution < 1.29 is 9.59 Å². The van der Waals surface area contributed by atoms with Crippen molar-refractivity contribution in [1.82, 2.24) is 19.8 Å². The molecule has 34 heavy (non-hydrogen) atoms. The summed E-state index contributed by atoms with van der Waals surface area (Å²) in [6.07, 6.45) is 2.31. The summed E-state index contributed by atoms with van der Waals surface area (Å²) >= 11 is 1.48. The van der Waals surface area contributed by atoms with Gasteiger partial charge < -0.3 is 10.2 Å². The molecule has 172 valence electrons. The van der Waals surface area contributed by atoms with Crippen molar-refractivity contribution in [3.05, 3.63) is 88.0 Å². The van der Waals surface area contributed by atoms with E-state index in [9.17, 15) is 14.4 Å². The molecule has 0 spiro atoms. The second kappa shape index (κ2) is 9.23. The molecule has 2 aromatic heterocycles. The van der Waals surface area contributed by atoms with Crippen molar-refractivity contribution in [2.24, 2.45) is 0 Å². The Balaban J connectivity index is 1.27. The zero-order valence-electron chi connectivity index (χ0n) is 18.8. The van der Waals surface area contributed by atoms with Crippen LogP contribution in [0, 0.1) is 6.92 Å². The summed E-state index contributed by atoms with van der Waals surface area (Å²) in [6, 6.07) is 18.2. The van der Waals surface area contributed by atoms with Crippen molar-refractivity contribution in [3.8, 4) is 10.4 Å². The second-order valence-corrected chi connectivity index (χ2v) is 9.54. The Hall–Kier alpha value is -3.78. The van der Waals surface area contributed by atoms with Gasteiger partial charge in [0.05, 0.1) is 11.8 Å². The van der Waals surface area contributed by atoms with Gasteiger partial charge in [-0.25, -0.2) is 4.98 Å². The summed E-state index contributed by atoms with van der Waals surface area (Å²) in [5.74, 6) is -1.03. The Bertz CT molecular complexity index is 1420. The maximum absolute atomic E-state index is 13.0. The number of carbonyl (C=O) groups is 2. The van der Waals surface area contributed by atoms with Crippen LogP contribution >= 0.6 is 11.3 Å². The Morgan fingerprint density at radius 1 is 1.00 bits per heavy atom. The molecule has 1 fully saturated rings. The Labute approximate surface area is 200 Å². The third kappa shape index (κ3) is 4.49. The number of nitrogens with zero attached hydrogens (tertiary/aromatic N) is 3. The van der Waals surface area contributed by atoms with E-state index in [0.717, 1.165) is 27.1 Å². The molecule has 1 saturated heterocycles. The number of fused-ring (bicyclic) bond motifs is 1. The van der Waals surface area contributed by atoms with Gasteiger partial charge >= 0.3 is 11.8 Å². The fourth-order valence-corrected chi connectivity index (χ4v) is 5.09. The fourth-order valence-electron chi connectivity index (χ4n) is 4.02. The molecular weight excluding hydrogens is 448 g/mol. The van der Waals surface area contributed by atoms with E-state index < -0.39 is 11.8 Å². The molecule has 0 bridgehead atoms. The average molecular weight is 473 g/mol. The number of thiophene rings is 1. The van der Waals surface area contributed by atoms with Crippen LogP contribution in [-0.4, -0.2) is 39.4 Å². The quantitative estimate of drug-likeness (QED) is 0.437. The minimum Gasteiger partial charge on any atom is -0.346 e. The minimum atomic E-state index is -0.546. The van der Waals surface area contributed by atoms with Crippen LogP contribution in [0.3, 0.4) is 0 Å². The van der Waals surface area contributed by atoms with Crippen LogP contribution in [0.25, 0.3) is 20.7 Å². The number of aromatic nitrogens is 2. The zero-order valence-corrected chi connectivity index (χ0v) is 19.6. The fraction of sp³-hybridized carbons (Fsp3) is 0.231. The predicted octanol–water partition coefficient (Wildman–Crippen LogP) is 3.13. The lowest BCUT2D eigenvalue weighted by Gasteiger charge is -2.26. The highest BCUT2D eigenvalue weighted by Crippen LogP contribution is 2.30. The first-order valence-corrected chi connectivity index (χ1v) is 12.0. The Morgan fingerprint density at radius 3 is 2.50 bits per heavy atom. The SMILES string of the molecule is Cc1ccc(-c2cc3ncn(CCc4ccc(CN5CCNC(=O)C5=O)cc4)c(=O)c3s2)cc1. The van der Waals surface area contributed by atoms with E-state index in [0.29, 0.717) is 37.3 Å². The summed E-state index contributed by atoms with van der Waals surface area (Å²) in [5, 5.41) is 2.55. The Kier molecular flexibility index (Phi) is 5.98. The van der Waals surface area contributed by atoms with Crippen LogP contribution in [0.5, 0.6) is 0 Å². The largest absolute Gasteiger partial charge is 0.346 e. The number of piperazine rings is 1. The zero-order chi connectivity index (χ0) is 23.7. The number of amides is 2. The highest BCUT2D eigenvalue weighted by molar-refractivity contribution is 7.22. The van der Waals surface area contributed by atoms with Crippen LogP contribution < -0.4 is 10.9 Å². The average Bonchev–Trinajstić information content (AvgIpc) is 3.28. The van der Waals surface area contributed by atoms with Gasteiger partial charge in [-0.1, -0.05) is 54.1 Å². The third-order valence-corrected chi connectivity index (χ3v) is 7.19. The second-order valence-electron chi connectivity index (χ2n) is 8.48. The van der Waals surface area contributed by atoms with E-state index in [2.05, 4.69) is 41.5 Å². The van der Waals surface area contributed by atoms with Crippen molar-refractivity contribution in [2.45, 2.75) is 26.4 Å². The number of nitrogens with one attached hydrogen (secondary N) is 1. The van der Waals surface area contributed by atoms with Gasteiger partial charge in [0.25, 0.3) is 5.56 Å². The van der Waals surface area contributed by atoms with E-state index in [1.807, 2.05) is 30.3 Å². The van der Waals surface area contributed by atoms with Crippen LogP contribution in [0.15, 0.2) is 65.7 Å². The molecular formula is C26H24N4O3S. The number of carbonyl (C=O) groups excluding carboxylic acids is 2. The van der Waals surface area contributed by atoms with Crippen molar-refractivity contribution >= 4 is 33.4 Å². The van der Waals surface area contributed by atoms with Crippen molar-refractivity contribution in [2.75, 3.05) is 13.1 Å². The van der Waals surface area contributed by atoms with E-state index in [4.69, 9.17) is 0 Å². The van der Waals surface area contributed by atoms with Gasteiger partial charge in [0.15, 0.2) is 0 Å². The molecule has 1 N–H and O–H groups in total. The predicted molar refractivity (Wildman–Crippen MR) is 133 cm³/mol. The summed E-state index contributed by atoms with van der Waals surface area (Å²) in [7, 11) is 0. The van der Waals surface area contributed by atoms with Crippen LogP contribution in [0.4, 0.5) is 0 Å². The van der Waals surface area contributed by atoms with Gasteiger partial charge in [-0.2, -0.15) is 0 Å². The molecule has 0 saturated carbocycles. The van der Waals surface area contributed by atoms with Crippen LogP contribution in [0.1, 0.15) is 16.7 Å². The maximum atomic E-state index is 13.0. The molecule has 5 rings (SSSR count). The topological polar surface area (TPSA) is 84.3 Å². The lowest BCUT2D eigenvalue weighted by atomic mass is 10.1. The summed E-state index contributed by atoms with van der Waals surface area (Å²) < 4.78 is 2.33. The molecule has 7 nitrogen and oxygen atoms in total. The molecule has 2 amide bonds. The van der Waals surface area contributed by atoms with E-state index in [1.165, 1.54) is 16.9 Å². The molecule has 4 aromatic rings. The summed E-state index contributed by atoms with van der Waals surface area (Å²) in [6.45, 7) is 3.99. The highest BCUT2D eigenvalue weighted by Gasteiger charge is 2.25. The maximum Gasteiger partial charge on any atom is 0.312 e. The lowest BCUT2D eigenvalue weighted by Crippen LogP contribution is -2.51. The van der Waals surface area contributed by atoms with Gasteiger partial charge in [-0.15, -0.1) is 11.3 Å². The van der Waals surface area contributed by atoms with E-state index in [1.54, 1.807) is 15.8 Å². The number of hydrogen-bond donors (Lipinski definition) is 1. The molecule has 1 aliphatic heterocycles. The first-order valence-electron chi connectivity index (χ1n) is 11.2. The van der Waals surface area contributed by atoms with Crippen molar-refractivity contribution in [3.63, 3.8) is 0 Å². The number of benzene rings is 2. The monoisotopic (exact) mass is 472 g/mol. The number of hydrogen-bond acceptors (Lipinski definition) is 5. The lowest BCUT2D eigenvalue weighted by molar-refractivity contribution is -0.148. The standard InChI is InChI=1S/C26H24N4O3S/c1-17-2-8-20(9-3-17)22-14-21-23(34-22)25(32)30(16-28-21)12-10-18-4-6-19(7-5-18)15-29-13-11-27-24(31)26(29)33/h2-9,14,16H,10-13,15H2,1H3,(H,27,31). The summed E-state index contributed by atoms with van der Waals surface area (Å²) in [4.78, 5) is 43.6. The molecule has 3 heterocycles. The van der Waals surface area contributed by atoms with Gasteiger partial charge in [0.1, 0.15) is 4.70 Å². The normalized spacial score (nSPS) is 14.0. The van der Waals surface area contributed by atoms with E-state index in [-0.39, 0.29) is 5.56 Å². The smallest absolute Gasteiger partial charge is 0.312 e. The molecule has 0 atom stereocenters. The van der Waals surface area contributed by atoms with Crippen LogP contribution in [0.2, 0.25) is 0 Å². The Morgan fingerprint density at radius 2 is 1.74 bits per heavy atom. The van der Waals surface area contributed by atoms with Gasteiger partial charge in [0.2, 0.25) is 0 Å². The molecule has 0 radical (unpaired) electrons. The molecule has 0 aliphatic carbocycles. The molecule has 0 unspecified atom stereocenters. The van der Waals surface area contributed by atoms with Crippen LogP contribution in [-0.2, 0) is 29.1 Å². The van der Waals surface area contributed by atoms with Gasteiger partial charge in [-0.05, 0) is 36.1 Å². The number of rotatable bonds is 6. The minimum absolute atomic E-state index is 0.0214. The van der Waals surface area contributed by atoms with Gasteiger partial charge in [-0.3, -0.25) is 19.0 Å². The first-order chi connectivity index (χ1) is 16.5. The highest BCUT2D eigenvalue weighted by atomic mass is 32.1. The third-order valence-electron chi connectivity index (χ3n) is 6.03. The van der Waals surface area contributed by atoms with Crippen molar-refractivity contribution in [1.29, 1.82) is 0 Å². The molecule has 8 heteroatoms. The molecule has 1 aliphatic rings. The summed E-state index contributed by atoms with van der Waals surface area (Å²) in [5.41, 5.74) is 5.05.